The highest BCUT2D eigenvalue weighted by molar-refractivity contribution is 5.81. The van der Waals surface area contributed by atoms with Gasteiger partial charge in [-0.2, -0.15) is 0 Å². The second-order valence-corrected chi connectivity index (χ2v) is 3.30. The molecule has 0 aromatic carbocycles. The minimum atomic E-state index is -0.868. The van der Waals surface area contributed by atoms with Gasteiger partial charge in [0.25, 0.3) is 0 Å². The van der Waals surface area contributed by atoms with Crippen LogP contribution in [0.3, 0.4) is 0 Å². The number of nitrogens with two attached hydrogens (primary N) is 2. The normalized spacial score (nSPS) is 24.9. The summed E-state index contributed by atoms with van der Waals surface area (Å²) in [5.41, 5.74) is 9.58. The molecule has 0 aromatic heterocycles. The van der Waals surface area contributed by atoms with Crippen LogP contribution in [0.1, 0.15) is 25.7 Å². The highest BCUT2D eigenvalue weighted by Crippen LogP contribution is 2.31. The summed E-state index contributed by atoms with van der Waals surface area (Å²) in [6.07, 6.45) is 3.81. The van der Waals surface area contributed by atoms with Gasteiger partial charge in [0.05, 0.1) is 0 Å². The molecule has 0 heterocycles. The summed E-state index contributed by atoms with van der Waals surface area (Å²) in [5, 5.41) is 8.19. The highest BCUT2D eigenvalue weighted by Gasteiger charge is 2.46. The highest BCUT2D eigenvalue weighted by atomic mass is 16.4. The van der Waals surface area contributed by atoms with E-state index in [9.17, 15) is 4.79 Å². The average molecular weight is 158 g/mol. The molecule has 0 amide bonds. The number of hydrogen-bond acceptors (Lipinski definition) is 3. The molecule has 2 fully saturated rings. The molecule has 0 bridgehead atoms. The summed E-state index contributed by atoms with van der Waals surface area (Å²) >= 11 is 0. The first-order valence-corrected chi connectivity index (χ1v) is 3.82. The lowest BCUT2D eigenvalue weighted by molar-refractivity contribution is -0.139. The van der Waals surface area contributed by atoms with E-state index < -0.39 is 11.5 Å². The van der Waals surface area contributed by atoms with Crippen molar-refractivity contribution < 1.29 is 9.90 Å². The van der Waals surface area contributed by atoms with E-state index >= 15 is 0 Å². The fourth-order valence-electron chi connectivity index (χ4n) is 0.445. The van der Waals surface area contributed by atoms with Gasteiger partial charge in [0.15, 0.2) is 0 Å². The topological polar surface area (TPSA) is 89.3 Å². The van der Waals surface area contributed by atoms with Crippen LogP contribution in [0.15, 0.2) is 0 Å². The van der Waals surface area contributed by atoms with Gasteiger partial charge >= 0.3 is 5.97 Å². The molecule has 5 N–H and O–H groups in total. The predicted octanol–water partition coefficient (Wildman–Crippen LogP) is -0.330. The van der Waals surface area contributed by atoms with E-state index in [1.54, 1.807) is 0 Å². The minimum absolute atomic E-state index is 0.583. The number of hydrogen-bond donors (Lipinski definition) is 3. The zero-order valence-corrected chi connectivity index (χ0v) is 6.42. The lowest BCUT2D eigenvalue weighted by Gasteiger charge is -1.95. The van der Waals surface area contributed by atoms with Crippen LogP contribution in [0.4, 0.5) is 0 Å². The van der Waals surface area contributed by atoms with E-state index in [0.717, 1.165) is 0 Å². The third-order valence-corrected chi connectivity index (χ3v) is 1.84. The zero-order chi connectivity index (χ0) is 8.48. The van der Waals surface area contributed by atoms with E-state index in [4.69, 9.17) is 16.6 Å². The Hall–Kier alpha value is -0.610. The molecule has 4 nitrogen and oxygen atoms in total. The SMILES string of the molecule is NC1(C(=O)O)CC1.NC1CC1. The van der Waals surface area contributed by atoms with E-state index in [0.29, 0.717) is 18.9 Å². The lowest BCUT2D eigenvalue weighted by atomic mass is 10.3. The molecule has 64 valence electrons. The molecule has 0 spiro atoms. The van der Waals surface area contributed by atoms with Crippen molar-refractivity contribution >= 4 is 5.97 Å². The van der Waals surface area contributed by atoms with Gasteiger partial charge in [-0.25, -0.2) is 0 Å². The summed E-state index contributed by atoms with van der Waals surface area (Å²) in [7, 11) is 0. The average Bonchev–Trinajstić information content (AvgIpc) is 2.74. The van der Waals surface area contributed by atoms with E-state index in [1.807, 2.05) is 0 Å². The molecule has 0 unspecified atom stereocenters. The minimum Gasteiger partial charge on any atom is -0.480 e. The molecular formula is C7H14N2O2. The molecule has 0 aromatic rings. The van der Waals surface area contributed by atoms with Gasteiger partial charge in [0.1, 0.15) is 5.54 Å². The van der Waals surface area contributed by atoms with Crippen molar-refractivity contribution in [3.63, 3.8) is 0 Å². The standard InChI is InChI=1S/C4H7NO2.C3H7N/c5-4(1-2-4)3(6)7;4-3-1-2-3/h1-2,5H2,(H,6,7);3H,1-2,4H2. The molecule has 0 radical (unpaired) electrons. The Morgan fingerprint density at radius 2 is 1.82 bits per heavy atom. The molecule has 2 rings (SSSR count). The third-order valence-electron chi connectivity index (χ3n) is 1.84. The molecule has 2 aliphatic rings. The first-order valence-electron chi connectivity index (χ1n) is 3.82. The quantitative estimate of drug-likeness (QED) is 0.487. The van der Waals surface area contributed by atoms with Crippen molar-refractivity contribution in [2.45, 2.75) is 37.3 Å². The fraction of sp³-hybridized carbons (Fsp3) is 0.857. The summed E-state index contributed by atoms with van der Waals surface area (Å²) < 4.78 is 0. The van der Waals surface area contributed by atoms with Crippen LogP contribution in [0.25, 0.3) is 0 Å². The maximum atomic E-state index is 9.96. The van der Waals surface area contributed by atoms with Crippen molar-refractivity contribution in [2.75, 3.05) is 0 Å². The second kappa shape index (κ2) is 2.79. The van der Waals surface area contributed by atoms with Crippen molar-refractivity contribution in [2.24, 2.45) is 11.5 Å². The van der Waals surface area contributed by atoms with E-state index in [-0.39, 0.29) is 0 Å². The molecule has 2 saturated carbocycles. The first-order chi connectivity index (χ1) is 5.04. The van der Waals surface area contributed by atoms with Crippen LogP contribution >= 0.6 is 0 Å². The van der Waals surface area contributed by atoms with Crippen molar-refractivity contribution in [3.8, 4) is 0 Å². The summed E-state index contributed by atoms with van der Waals surface area (Å²) in [6.45, 7) is 0. The van der Waals surface area contributed by atoms with Crippen LogP contribution in [0.2, 0.25) is 0 Å². The molecule has 0 atom stereocenters. The van der Waals surface area contributed by atoms with Crippen molar-refractivity contribution in [1.82, 2.24) is 0 Å². The predicted molar refractivity (Wildman–Crippen MR) is 41.0 cm³/mol. The van der Waals surface area contributed by atoms with Crippen LogP contribution in [0.5, 0.6) is 0 Å². The second-order valence-electron chi connectivity index (χ2n) is 3.30. The van der Waals surface area contributed by atoms with Gasteiger partial charge in [0.2, 0.25) is 0 Å². The number of rotatable bonds is 1. The monoisotopic (exact) mass is 158 g/mol. The largest absolute Gasteiger partial charge is 0.480 e. The molecule has 0 aliphatic heterocycles. The van der Waals surface area contributed by atoms with Gasteiger partial charge in [0, 0.05) is 6.04 Å². The Bertz CT molecular complexity index is 162. The first kappa shape index (κ1) is 8.49. The van der Waals surface area contributed by atoms with Crippen LogP contribution < -0.4 is 11.5 Å². The Morgan fingerprint density at radius 3 is 1.82 bits per heavy atom. The van der Waals surface area contributed by atoms with E-state index in [2.05, 4.69) is 0 Å². The third kappa shape index (κ3) is 2.86. The molecule has 11 heavy (non-hydrogen) atoms. The Labute approximate surface area is 65.6 Å². The Morgan fingerprint density at radius 1 is 1.45 bits per heavy atom. The fourth-order valence-corrected chi connectivity index (χ4v) is 0.445. The number of carboxylic acid groups (broad SMARTS) is 1. The zero-order valence-electron chi connectivity index (χ0n) is 6.42. The molecular weight excluding hydrogens is 144 g/mol. The number of carbonyl (C=O) groups is 1. The van der Waals surface area contributed by atoms with E-state index in [1.165, 1.54) is 12.8 Å². The van der Waals surface area contributed by atoms with Gasteiger partial charge in [-0.05, 0) is 25.7 Å². The van der Waals surface area contributed by atoms with Crippen LogP contribution in [-0.4, -0.2) is 22.7 Å². The maximum absolute atomic E-state index is 9.96. The van der Waals surface area contributed by atoms with Crippen LogP contribution in [0, 0.1) is 0 Å². The van der Waals surface area contributed by atoms with Gasteiger partial charge in [-0.1, -0.05) is 0 Å². The number of aliphatic carboxylic acids is 1. The Kier molecular flexibility index (Phi) is 2.15. The summed E-state index contributed by atoms with van der Waals surface area (Å²) in [6, 6.07) is 0.583. The summed E-state index contributed by atoms with van der Waals surface area (Å²) in [4.78, 5) is 9.96. The van der Waals surface area contributed by atoms with Gasteiger partial charge in [-0.15, -0.1) is 0 Å². The van der Waals surface area contributed by atoms with Gasteiger partial charge < -0.3 is 16.6 Å². The lowest BCUT2D eigenvalue weighted by Crippen LogP contribution is -2.31. The smallest absolute Gasteiger partial charge is 0.323 e. The molecule has 2 aliphatic carbocycles. The van der Waals surface area contributed by atoms with Crippen LogP contribution in [-0.2, 0) is 4.79 Å². The maximum Gasteiger partial charge on any atom is 0.323 e. The molecule has 0 saturated heterocycles. The van der Waals surface area contributed by atoms with Crippen molar-refractivity contribution in [1.29, 1.82) is 0 Å². The number of carboxylic acids is 1. The Balaban J connectivity index is 0.000000128. The molecule has 4 heteroatoms. The summed E-state index contributed by atoms with van der Waals surface area (Å²) in [5.74, 6) is -0.868. The van der Waals surface area contributed by atoms with Gasteiger partial charge in [-0.3, -0.25) is 4.79 Å². The van der Waals surface area contributed by atoms with Crippen molar-refractivity contribution in [3.05, 3.63) is 0 Å².